The minimum Gasteiger partial charge on any atom is -0.461 e. The lowest BCUT2D eigenvalue weighted by Crippen LogP contribution is -2.27. The molecule has 1 unspecified atom stereocenters. The Hall–Kier alpha value is -1.99. The second-order valence-electron chi connectivity index (χ2n) is 6.11. The summed E-state index contributed by atoms with van der Waals surface area (Å²) in [5.74, 6) is -0.431. The number of esters is 1. The van der Waals surface area contributed by atoms with Crippen LogP contribution in [0.3, 0.4) is 0 Å². The summed E-state index contributed by atoms with van der Waals surface area (Å²) < 4.78 is 7.57. The molecule has 2 aromatic heterocycles. The van der Waals surface area contributed by atoms with E-state index in [0.717, 1.165) is 26.9 Å². The van der Waals surface area contributed by atoms with Crippen LogP contribution in [-0.4, -0.2) is 21.6 Å². The molecule has 2 heterocycles. The van der Waals surface area contributed by atoms with Crippen LogP contribution in [-0.2, 0) is 16.1 Å². The van der Waals surface area contributed by atoms with E-state index in [2.05, 4.69) is 20.9 Å². The number of fused-ring (bicyclic) bond motifs is 1. The van der Waals surface area contributed by atoms with Gasteiger partial charge >= 0.3 is 5.97 Å². The van der Waals surface area contributed by atoms with Crippen molar-refractivity contribution < 1.29 is 9.53 Å². The van der Waals surface area contributed by atoms with Gasteiger partial charge < -0.3 is 4.74 Å². The molecule has 3 aromatic rings. The van der Waals surface area contributed by atoms with E-state index in [-0.39, 0.29) is 18.2 Å². The number of thiophene rings is 1. The minimum absolute atomic E-state index is 0.138. The van der Waals surface area contributed by atoms with Crippen molar-refractivity contribution in [2.45, 2.75) is 39.8 Å². The minimum atomic E-state index is -0.431. The lowest BCUT2D eigenvalue weighted by atomic mass is 10.0. The van der Waals surface area contributed by atoms with Crippen molar-refractivity contribution in [1.29, 1.82) is 0 Å². The lowest BCUT2D eigenvalue weighted by molar-refractivity contribution is -0.149. The zero-order valence-corrected chi connectivity index (χ0v) is 17.2. The first kappa shape index (κ1) is 18.8. The van der Waals surface area contributed by atoms with Gasteiger partial charge in [-0.1, -0.05) is 35.0 Å². The third-order valence-corrected chi connectivity index (χ3v) is 5.74. The van der Waals surface area contributed by atoms with Crippen LogP contribution < -0.4 is 5.56 Å². The molecule has 0 aliphatic carbocycles. The number of hydrogen-bond donors (Lipinski definition) is 0. The molecule has 7 heteroatoms. The van der Waals surface area contributed by atoms with Crippen molar-refractivity contribution in [3.8, 4) is 11.1 Å². The molecule has 0 spiro atoms. The lowest BCUT2D eigenvalue weighted by Gasteiger charge is -2.11. The fraction of sp³-hybridized carbons (Fsp3) is 0.316. The maximum atomic E-state index is 13.0. The Morgan fingerprint density at radius 1 is 1.35 bits per heavy atom. The van der Waals surface area contributed by atoms with Gasteiger partial charge in [0.2, 0.25) is 0 Å². The van der Waals surface area contributed by atoms with E-state index >= 15 is 0 Å². The van der Waals surface area contributed by atoms with E-state index in [4.69, 9.17) is 4.74 Å². The van der Waals surface area contributed by atoms with Crippen molar-refractivity contribution in [2.24, 2.45) is 0 Å². The molecule has 0 saturated heterocycles. The summed E-state index contributed by atoms with van der Waals surface area (Å²) in [5.41, 5.74) is 1.61. The van der Waals surface area contributed by atoms with Gasteiger partial charge in [0, 0.05) is 14.9 Å². The molecule has 0 amide bonds. The molecular weight excluding hydrogens is 416 g/mol. The smallest absolute Gasteiger partial charge is 0.326 e. The number of halogens is 1. The second kappa shape index (κ2) is 7.72. The highest BCUT2D eigenvalue weighted by Gasteiger charge is 2.18. The van der Waals surface area contributed by atoms with Crippen molar-refractivity contribution in [3.05, 3.63) is 50.3 Å². The second-order valence-corrected chi connectivity index (χ2v) is 8.23. The molecule has 136 valence electrons. The first-order valence-electron chi connectivity index (χ1n) is 8.34. The average molecular weight is 435 g/mol. The number of carbonyl (C=O) groups is 1. The number of carbonyl (C=O) groups excluding carboxylic acids is 1. The molecular formula is C19H19BrN2O3S. The molecule has 0 saturated carbocycles. The van der Waals surface area contributed by atoms with E-state index in [1.807, 2.05) is 45.0 Å². The summed E-state index contributed by atoms with van der Waals surface area (Å²) in [6.45, 7) is 5.61. The summed E-state index contributed by atoms with van der Waals surface area (Å²) in [6, 6.07) is 7.81. The van der Waals surface area contributed by atoms with Crippen molar-refractivity contribution >= 4 is 43.5 Å². The maximum absolute atomic E-state index is 13.0. The topological polar surface area (TPSA) is 61.2 Å². The Labute approximate surface area is 163 Å². The van der Waals surface area contributed by atoms with E-state index in [0.29, 0.717) is 10.2 Å². The van der Waals surface area contributed by atoms with Gasteiger partial charge in [-0.3, -0.25) is 14.2 Å². The first-order chi connectivity index (χ1) is 12.4. The van der Waals surface area contributed by atoms with E-state index in [1.165, 1.54) is 22.2 Å². The fourth-order valence-electron chi connectivity index (χ4n) is 2.70. The van der Waals surface area contributed by atoms with Gasteiger partial charge in [-0.2, -0.15) is 0 Å². The SMILES string of the molecule is CCC(C)OC(=O)Cn1cnc2sc(C)c(-c3ccc(Br)cc3)c2c1=O. The fourth-order valence-corrected chi connectivity index (χ4v) is 3.97. The highest BCUT2D eigenvalue weighted by atomic mass is 79.9. The van der Waals surface area contributed by atoms with Crippen LogP contribution in [0.5, 0.6) is 0 Å². The summed E-state index contributed by atoms with van der Waals surface area (Å²) in [7, 11) is 0. The molecule has 1 aromatic carbocycles. The molecule has 3 rings (SSSR count). The predicted octanol–water partition coefficient (Wildman–Crippen LogP) is 4.54. The van der Waals surface area contributed by atoms with Gasteiger partial charge in [-0.25, -0.2) is 4.98 Å². The van der Waals surface area contributed by atoms with Gasteiger partial charge in [0.1, 0.15) is 11.4 Å². The number of rotatable bonds is 5. The van der Waals surface area contributed by atoms with Gasteiger partial charge in [0.05, 0.1) is 17.8 Å². The highest BCUT2D eigenvalue weighted by Crippen LogP contribution is 2.35. The molecule has 0 aliphatic heterocycles. The van der Waals surface area contributed by atoms with Gasteiger partial charge in [-0.05, 0) is 38.0 Å². The van der Waals surface area contributed by atoms with E-state index in [9.17, 15) is 9.59 Å². The van der Waals surface area contributed by atoms with Crippen LogP contribution in [0.25, 0.3) is 21.3 Å². The molecule has 0 aliphatic rings. The Kier molecular flexibility index (Phi) is 5.58. The number of nitrogens with zero attached hydrogens (tertiary/aromatic N) is 2. The molecule has 26 heavy (non-hydrogen) atoms. The number of hydrogen-bond acceptors (Lipinski definition) is 5. The molecule has 5 nitrogen and oxygen atoms in total. The maximum Gasteiger partial charge on any atom is 0.326 e. The van der Waals surface area contributed by atoms with Crippen LogP contribution >= 0.6 is 27.3 Å². The van der Waals surface area contributed by atoms with Crippen molar-refractivity contribution in [1.82, 2.24) is 9.55 Å². The number of ether oxygens (including phenoxy) is 1. The summed E-state index contributed by atoms with van der Waals surface area (Å²) >= 11 is 4.91. The van der Waals surface area contributed by atoms with Crippen molar-refractivity contribution in [3.63, 3.8) is 0 Å². The predicted molar refractivity (Wildman–Crippen MR) is 108 cm³/mol. The van der Waals surface area contributed by atoms with Crippen molar-refractivity contribution in [2.75, 3.05) is 0 Å². The third kappa shape index (κ3) is 3.73. The van der Waals surface area contributed by atoms with Crippen LogP contribution in [0.2, 0.25) is 0 Å². The quantitative estimate of drug-likeness (QED) is 0.553. The third-order valence-electron chi connectivity index (χ3n) is 4.19. The first-order valence-corrected chi connectivity index (χ1v) is 9.95. The Morgan fingerprint density at radius 2 is 2.04 bits per heavy atom. The van der Waals surface area contributed by atoms with Crippen LogP contribution in [0.4, 0.5) is 0 Å². The number of benzene rings is 1. The molecule has 0 radical (unpaired) electrons. The molecule has 0 fully saturated rings. The number of aryl methyl sites for hydroxylation is 1. The Morgan fingerprint density at radius 3 is 2.69 bits per heavy atom. The van der Waals surface area contributed by atoms with Crippen LogP contribution in [0.15, 0.2) is 39.9 Å². The van der Waals surface area contributed by atoms with Gasteiger partial charge in [0.15, 0.2) is 0 Å². The zero-order chi connectivity index (χ0) is 18.8. The normalized spacial score (nSPS) is 12.3. The van der Waals surface area contributed by atoms with Crippen LogP contribution in [0, 0.1) is 6.92 Å². The number of aromatic nitrogens is 2. The van der Waals surface area contributed by atoms with E-state index < -0.39 is 5.97 Å². The summed E-state index contributed by atoms with van der Waals surface area (Å²) in [6.07, 6.45) is 1.98. The van der Waals surface area contributed by atoms with Gasteiger partial charge in [-0.15, -0.1) is 11.3 Å². The highest BCUT2D eigenvalue weighted by molar-refractivity contribution is 9.10. The van der Waals surface area contributed by atoms with Gasteiger partial charge in [0.25, 0.3) is 5.56 Å². The molecule has 0 N–H and O–H groups in total. The standard InChI is InChI=1S/C19H19BrN2O3S/c1-4-11(2)25-15(23)9-22-10-21-18-17(19(22)24)16(12(3)26-18)13-5-7-14(20)8-6-13/h5-8,10-11H,4,9H2,1-3H3. The van der Waals surface area contributed by atoms with Crippen LogP contribution in [0.1, 0.15) is 25.1 Å². The molecule has 1 atom stereocenters. The zero-order valence-electron chi connectivity index (χ0n) is 14.8. The summed E-state index contributed by atoms with van der Waals surface area (Å²) in [5, 5.41) is 0.550. The van der Waals surface area contributed by atoms with E-state index in [1.54, 1.807) is 0 Å². The monoisotopic (exact) mass is 434 g/mol. The largest absolute Gasteiger partial charge is 0.461 e. The summed E-state index contributed by atoms with van der Waals surface area (Å²) in [4.78, 5) is 31.1. The Bertz CT molecular complexity index is 1010. The average Bonchev–Trinajstić information content (AvgIpc) is 2.95. The molecule has 0 bridgehead atoms. The Balaban J connectivity index is 2.05.